The van der Waals surface area contributed by atoms with E-state index in [0.717, 1.165) is 0 Å². The molecule has 5 nitrogen and oxygen atoms in total. The number of carbonyl (C=O) groups is 1. The minimum absolute atomic E-state index is 0.195. The van der Waals surface area contributed by atoms with Gasteiger partial charge in [-0.15, -0.1) is 13.2 Å². The van der Waals surface area contributed by atoms with E-state index >= 15 is 0 Å². The van der Waals surface area contributed by atoms with Gasteiger partial charge in [-0.2, -0.15) is 0 Å². The van der Waals surface area contributed by atoms with Gasteiger partial charge in [0.15, 0.2) is 0 Å². The van der Waals surface area contributed by atoms with Gasteiger partial charge in [0.1, 0.15) is 5.60 Å². The summed E-state index contributed by atoms with van der Waals surface area (Å²) in [6.45, 7) is 6.84. The average Bonchev–Trinajstić information content (AvgIpc) is 2.31. The Bertz CT molecular complexity index is 275. The highest BCUT2D eigenvalue weighted by Gasteiger charge is 2.52. The van der Waals surface area contributed by atoms with Gasteiger partial charge in [0.05, 0.1) is 25.2 Å². The normalized spacial score (nSPS) is 12.0. The highest BCUT2D eigenvalue weighted by molar-refractivity contribution is 5.66. The van der Waals surface area contributed by atoms with Gasteiger partial charge in [0.2, 0.25) is 0 Å². The Labute approximate surface area is 107 Å². The molecule has 0 rings (SSSR count). The predicted molar refractivity (Wildman–Crippen MR) is 67.8 cm³/mol. The molecule has 3 N–H and O–H groups in total. The van der Waals surface area contributed by atoms with Crippen LogP contribution >= 0.6 is 0 Å². The summed E-state index contributed by atoms with van der Waals surface area (Å²) in [7, 11) is 0. The summed E-state index contributed by atoms with van der Waals surface area (Å²) in [5.41, 5.74) is -2.60. The Morgan fingerprint density at radius 1 is 1.11 bits per heavy atom. The summed E-state index contributed by atoms with van der Waals surface area (Å²) >= 11 is 0. The van der Waals surface area contributed by atoms with Crippen molar-refractivity contribution in [1.29, 1.82) is 0 Å². The third kappa shape index (κ3) is 3.19. The molecule has 0 aliphatic rings. The number of carbonyl (C=O) groups excluding carboxylic acids is 1. The molecular weight excluding hydrogens is 236 g/mol. The first kappa shape index (κ1) is 16.8. The van der Waals surface area contributed by atoms with Gasteiger partial charge in [-0.3, -0.25) is 4.79 Å². The molecule has 0 spiro atoms. The van der Waals surface area contributed by atoms with Gasteiger partial charge < -0.3 is 20.1 Å². The predicted octanol–water partition coefficient (Wildman–Crippen LogP) is 0.404. The third-order valence-electron chi connectivity index (χ3n) is 3.16. The van der Waals surface area contributed by atoms with Crippen LogP contribution in [0.25, 0.3) is 0 Å². The zero-order valence-corrected chi connectivity index (χ0v) is 10.8. The number of hydrogen-bond donors (Lipinski definition) is 3. The lowest BCUT2D eigenvalue weighted by Gasteiger charge is -2.46. The van der Waals surface area contributed by atoms with Crippen molar-refractivity contribution >= 4 is 5.97 Å². The molecule has 0 aliphatic carbocycles. The van der Waals surface area contributed by atoms with Crippen LogP contribution in [0.4, 0.5) is 0 Å². The van der Waals surface area contributed by atoms with Crippen LogP contribution in [0.2, 0.25) is 0 Å². The minimum Gasteiger partial charge on any atom is -0.458 e. The van der Waals surface area contributed by atoms with Crippen LogP contribution in [-0.2, 0) is 9.53 Å². The molecule has 0 unspecified atom stereocenters. The van der Waals surface area contributed by atoms with Crippen molar-refractivity contribution < 1.29 is 24.9 Å². The molecule has 0 bridgehead atoms. The Hall–Kier alpha value is -1.17. The fourth-order valence-corrected chi connectivity index (χ4v) is 2.03. The number of aliphatic hydroxyl groups excluding tert-OH is 3. The van der Waals surface area contributed by atoms with Gasteiger partial charge >= 0.3 is 5.97 Å². The lowest BCUT2D eigenvalue weighted by Crippen LogP contribution is -2.57. The molecule has 18 heavy (non-hydrogen) atoms. The van der Waals surface area contributed by atoms with Crippen LogP contribution in [0, 0.1) is 5.41 Å². The zero-order valence-electron chi connectivity index (χ0n) is 10.8. The molecule has 5 heteroatoms. The number of rotatable bonds is 9. The van der Waals surface area contributed by atoms with E-state index in [-0.39, 0.29) is 12.8 Å². The first-order valence-electron chi connectivity index (χ1n) is 5.71. The van der Waals surface area contributed by atoms with E-state index in [1.165, 1.54) is 19.1 Å². The van der Waals surface area contributed by atoms with E-state index in [0.29, 0.717) is 0 Å². The van der Waals surface area contributed by atoms with Gasteiger partial charge in [-0.05, 0) is 0 Å². The standard InChI is InChI=1S/C13H22O5/c1-4-6-13(7-5-2,18-11(3)17)12(8-14,9-15)10-16/h4-5,14-16H,1-2,6-10H2,3H3. The van der Waals surface area contributed by atoms with Crippen molar-refractivity contribution in [1.82, 2.24) is 0 Å². The molecule has 0 fully saturated rings. The Kier molecular flexibility index (Phi) is 6.83. The van der Waals surface area contributed by atoms with Crippen LogP contribution < -0.4 is 0 Å². The van der Waals surface area contributed by atoms with Crippen LogP contribution in [0.1, 0.15) is 19.8 Å². The maximum atomic E-state index is 11.3. The molecular formula is C13H22O5. The first-order chi connectivity index (χ1) is 8.47. The zero-order chi connectivity index (χ0) is 14.2. The van der Waals surface area contributed by atoms with E-state index in [2.05, 4.69) is 13.2 Å². The van der Waals surface area contributed by atoms with E-state index in [9.17, 15) is 20.1 Å². The molecule has 0 radical (unpaired) electrons. The fraction of sp³-hybridized carbons (Fsp3) is 0.615. The lowest BCUT2D eigenvalue weighted by atomic mass is 9.69. The number of hydrogen-bond acceptors (Lipinski definition) is 5. The van der Waals surface area contributed by atoms with Gasteiger partial charge in [0, 0.05) is 19.8 Å². The van der Waals surface area contributed by atoms with Crippen molar-refractivity contribution in [2.75, 3.05) is 19.8 Å². The molecule has 104 valence electrons. The summed E-state index contributed by atoms with van der Waals surface area (Å²) in [4.78, 5) is 11.3. The smallest absolute Gasteiger partial charge is 0.303 e. The number of aliphatic hydroxyl groups is 3. The SMILES string of the molecule is C=CCC(CC=C)(OC(C)=O)C(CO)(CO)CO. The topological polar surface area (TPSA) is 87.0 Å². The van der Waals surface area contributed by atoms with E-state index in [4.69, 9.17) is 4.74 Å². The van der Waals surface area contributed by atoms with Crippen molar-refractivity contribution in [2.45, 2.75) is 25.4 Å². The molecule has 0 amide bonds. The quantitative estimate of drug-likeness (QED) is 0.412. The largest absolute Gasteiger partial charge is 0.458 e. The Morgan fingerprint density at radius 3 is 1.72 bits per heavy atom. The van der Waals surface area contributed by atoms with Gasteiger partial charge in [-0.25, -0.2) is 0 Å². The fourth-order valence-electron chi connectivity index (χ4n) is 2.03. The molecule has 0 atom stereocenters. The number of esters is 1. The van der Waals surface area contributed by atoms with Crippen molar-refractivity contribution in [3.63, 3.8) is 0 Å². The lowest BCUT2D eigenvalue weighted by molar-refractivity contribution is -0.193. The van der Waals surface area contributed by atoms with Gasteiger partial charge in [0.25, 0.3) is 0 Å². The molecule has 0 aromatic rings. The molecule has 0 aliphatic heterocycles. The van der Waals surface area contributed by atoms with E-state index < -0.39 is 36.8 Å². The van der Waals surface area contributed by atoms with E-state index in [1.807, 2.05) is 0 Å². The second-order valence-corrected chi connectivity index (χ2v) is 4.33. The second-order valence-electron chi connectivity index (χ2n) is 4.33. The third-order valence-corrected chi connectivity index (χ3v) is 3.16. The van der Waals surface area contributed by atoms with E-state index in [1.54, 1.807) is 0 Å². The van der Waals surface area contributed by atoms with Gasteiger partial charge in [-0.1, -0.05) is 12.2 Å². The Morgan fingerprint density at radius 2 is 1.50 bits per heavy atom. The molecule has 0 heterocycles. The second kappa shape index (κ2) is 7.31. The average molecular weight is 258 g/mol. The summed E-state index contributed by atoms with van der Waals surface area (Å²) < 4.78 is 5.30. The summed E-state index contributed by atoms with van der Waals surface area (Å²) in [6, 6.07) is 0. The molecule has 0 aromatic carbocycles. The monoisotopic (exact) mass is 258 g/mol. The molecule has 0 saturated carbocycles. The summed E-state index contributed by atoms with van der Waals surface area (Å²) in [5, 5.41) is 28.5. The van der Waals surface area contributed by atoms with Crippen LogP contribution in [0.3, 0.4) is 0 Å². The minimum atomic E-state index is -1.35. The van der Waals surface area contributed by atoms with Crippen molar-refractivity contribution in [3.05, 3.63) is 25.3 Å². The maximum absolute atomic E-state index is 11.3. The van der Waals surface area contributed by atoms with Crippen LogP contribution in [-0.4, -0.2) is 46.7 Å². The van der Waals surface area contributed by atoms with Crippen molar-refractivity contribution in [2.24, 2.45) is 5.41 Å². The maximum Gasteiger partial charge on any atom is 0.303 e. The highest BCUT2D eigenvalue weighted by atomic mass is 16.6. The molecule has 0 saturated heterocycles. The number of ether oxygens (including phenoxy) is 1. The van der Waals surface area contributed by atoms with Crippen LogP contribution in [0.5, 0.6) is 0 Å². The summed E-state index contributed by atoms with van der Waals surface area (Å²) in [5.74, 6) is -0.557. The van der Waals surface area contributed by atoms with Crippen molar-refractivity contribution in [3.8, 4) is 0 Å². The highest BCUT2D eigenvalue weighted by Crippen LogP contribution is 2.40. The molecule has 0 aromatic heterocycles. The Balaban J connectivity index is 5.67. The summed E-state index contributed by atoms with van der Waals surface area (Å²) in [6.07, 6.45) is 3.42. The van der Waals surface area contributed by atoms with Crippen LogP contribution in [0.15, 0.2) is 25.3 Å². The first-order valence-corrected chi connectivity index (χ1v) is 5.71.